The second-order valence-corrected chi connectivity index (χ2v) is 7.52. The fourth-order valence-corrected chi connectivity index (χ4v) is 4.70. The summed E-state index contributed by atoms with van der Waals surface area (Å²) >= 11 is 1.42. The Balaban J connectivity index is 2.28. The zero-order chi connectivity index (χ0) is 16.2. The number of aliphatic carboxylic acids is 1. The molecule has 0 bridgehead atoms. The largest absolute Gasteiger partial charge is 0.479 e. The maximum atomic E-state index is 12.6. The van der Waals surface area contributed by atoms with Gasteiger partial charge in [-0.05, 0) is 34.4 Å². The molecule has 2 rings (SSSR count). The van der Waals surface area contributed by atoms with Crippen molar-refractivity contribution in [1.82, 2.24) is 0 Å². The first-order chi connectivity index (χ1) is 10.5. The maximum Gasteiger partial charge on any atom is 0.338 e. The molecule has 1 aromatic heterocycles. The van der Waals surface area contributed by atoms with Crippen LogP contribution in [0.5, 0.6) is 0 Å². The highest BCUT2D eigenvalue weighted by atomic mass is 32.1. The topological polar surface area (TPSA) is 83.8 Å². The lowest BCUT2D eigenvalue weighted by atomic mass is 10.1. The number of benzene rings is 1. The van der Waals surface area contributed by atoms with Gasteiger partial charge in [0, 0.05) is 0 Å². The van der Waals surface area contributed by atoms with E-state index in [9.17, 15) is 19.4 Å². The van der Waals surface area contributed by atoms with Gasteiger partial charge in [0.1, 0.15) is 0 Å². The van der Waals surface area contributed by atoms with Crippen LogP contribution in [0.4, 0.5) is 0 Å². The summed E-state index contributed by atoms with van der Waals surface area (Å²) in [4.78, 5) is 21.7. The van der Waals surface area contributed by atoms with E-state index in [1.807, 2.05) is 5.38 Å². The number of thiophene rings is 1. The quantitative estimate of drug-likeness (QED) is 0.737. The molecule has 3 unspecified atom stereocenters. The summed E-state index contributed by atoms with van der Waals surface area (Å²) in [5, 5.41) is 12.9. The number of carbonyl (C=O) groups is 1. The van der Waals surface area contributed by atoms with Crippen molar-refractivity contribution in [3.05, 3.63) is 58.3 Å². The fourth-order valence-electron chi connectivity index (χ4n) is 2.22. The zero-order valence-electron chi connectivity index (χ0n) is 12.0. The highest BCUT2D eigenvalue weighted by Crippen LogP contribution is 2.60. The van der Waals surface area contributed by atoms with E-state index in [-0.39, 0.29) is 0 Å². The van der Waals surface area contributed by atoms with Crippen LogP contribution in [0.1, 0.15) is 36.2 Å². The average molecular weight is 340 g/mol. The third kappa shape index (κ3) is 3.84. The third-order valence-corrected chi connectivity index (χ3v) is 5.96. The van der Waals surface area contributed by atoms with E-state index in [1.165, 1.54) is 11.3 Å². The lowest BCUT2D eigenvalue weighted by Gasteiger charge is -2.24. The van der Waals surface area contributed by atoms with Gasteiger partial charge in [-0.25, -0.2) is 4.79 Å². The molecule has 0 saturated heterocycles. The van der Waals surface area contributed by atoms with E-state index in [1.54, 1.807) is 48.7 Å². The van der Waals surface area contributed by atoms with Gasteiger partial charge in [0.25, 0.3) is 0 Å². The summed E-state index contributed by atoms with van der Waals surface area (Å²) in [6.07, 6.45) is -1.09. The average Bonchev–Trinajstić information content (AvgIpc) is 3.00. The van der Waals surface area contributed by atoms with Gasteiger partial charge in [0.15, 0.2) is 6.10 Å². The van der Waals surface area contributed by atoms with E-state index in [4.69, 9.17) is 4.52 Å². The van der Waals surface area contributed by atoms with Gasteiger partial charge >= 0.3 is 13.6 Å². The summed E-state index contributed by atoms with van der Waals surface area (Å²) in [5.74, 6) is -1.29. The van der Waals surface area contributed by atoms with E-state index < -0.39 is 25.3 Å². The van der Waals surface area contributed by atoms with Crippen molar-refractivity contribution in [3.8, 4) is 0 Å². The lowest BCUT2D eigenvalue weighted by molar-refractivity contribution is -0.145. The standard InChI is InChI=1S/C15H17O5PS/c1-2-13(12-8-9-22-10-12)21(18,19)20-14(15(16)17)11-6-4-3-5-7-11/h3-10,13-14H,2H2,1H3,(H,16,17)(H,18,19). The highest BCUT2D eigenvalue weighted by Gasteiger charge is 2.38. The first-order valence-electron chi connectivity index (χ1n) is 6.76. The number of carboxylic acid groups (broad SMARTS) is 1. The first-order valence-corrected chi connectivity index (χ1v) is 9.35. The van der Waals surface area contributed by atoms with Crippen molar-refractivity contribution >= 4 is 24.9 Å². The van der Waals surface area contributed by atoms with Crippen molar-refractivity contribution in [2.45, 2.75) is 25.1 Å². The van der Waals surface area contributed by atoms with Gasteiger partial charge in [0.05, 0.1) is 5.66 Å². The molecule has 7 heteroatoms. The first kappa shape index (κ1) is 16.9. The molecular formula is C15H17O5PS. The van der Waals surface area contributed by atoms with Crippen LogP contribution in [-0.2, 0) is 13.9 Å². The molecule has 0 fully saturated rings. The van der Waals surface area contributed by atoms with E-state index in [0.717, 1.165) is 0 Å². The van der Waals surface area contributed by atoms with Crippen molar-refractivity contribution in [2.75, 3.05) is 0 Å². The second kappa shape index (κ2) is 7.20. The van der Waals surface area contributed by atoms with Gasteiger partial charge < -0.3 is 10.00 Å². The molecule has 2 N–H and O–H groups in total. The molecule has 22 heavy (non-hydrogen) atoms. The molecule has 118 valence electrons. The van der Waals surface area contributed by atoms with Crippen molar-refractivity contribution < 1.29 is 23.9 Å². The Bertz CT molecular complexity index is 656. The SMILES string of the molecule is CCC(c1ccsc1)P(=O)(O)OC(C(=O)O)c1ccccc1. The molecule has 0 aliphatic carbocycles. The Hall–Kier alpha value is -1.46. The predicted molar refractivity (Wildman–Crippen MR) is 85.1 cm³/mol. The van der Waals surface area contributed by atoms with Gasteiger partial charge in [-0.1, -0.05) is 37.3 Å². The summed E-state index contributed by atoms with van der Waals surface area (Å²) in [6.45, 7) is 1.77. The van der Waals surface area contributed by atoms with Gasteiger partial charge in [0.2, 0.25) is 0 Å². The Morgan fingerprint density at radius 1 is 1.27 bits per heavy atom. The molecule has 0 amide bonds. The second-order valence-electron chi connectivity index (χ2n) is 4.78. The molecule has 0 aliphatic rings. The Labute approximate surface area is 132 Å². The maximum absolute atomic E-state index is 12.6. The number of carboxylic acids is 1. The van der Waals surface area contributed by atoms with Crippen LogP contribution >= 0.6 is 18.9 Å². The fraction of sp³-hybridized carbons (Fsp3) is 0.267. The minimum Gasteiger partial charge on any atom is -0.479 e. The summed E-state index contributed by atoms with van der Waals surface area (Å²) in [5.41, 5.74) is 0.296. The van der Waals surface area contributed by atoms with Crippen LogP contribution in [0.3, 0.4) is 0 Å². The van der Waals surface area contributed by atoms with Crippen LogP contribution in [0.2, 0.25) is 0 Å². The van der Waals surface area contributed by atoms with Crippen molar-refractivity contribution in [3.63, 3.8) is 0 Å². The lowest BCUT2D eigenvalue weighted by Crippen LogP contribution is -2.16. The molecule has 1 aromatic carbocycles. The number of hydrogen-bond acceptors (Lipinski definition) is 4. The smallest absolute Gasteiger partial charge is 0.338 e. The molecule has 2 aromatic rings. The van der Waals surface area contributed by atoms with Gasteiger partial charge in [-0.3, -0.25) is 9.09 Å². The summed E-state index contributed by atoms with van der Waals surface area (Å²) in [6, 6.07) is 9.93. The van der Waals surface area contributed by atoms with E-state index in [0.29, 0.717) is 17.5 Å². The highest BCUT2D eigenvalue weighted by molar-refractivity contribution is 7.53. The minimum atomic E-state index is -4.14. The minimum absolute atomic E-state index is 0.337. The normalized spacial score (nSPS) is 16.6. The number of rotatable bonds is 7. The summed E-state index contributed by atoms with van der Waals surface area (Å²) in [7, 11) is -4.14. The number of hydrogen-bond donors (Lipinski definition) is 2. The predicted octanol–water partition coefficient (Wildman–Crippen LogP) is 4.23. The van der Waals surface area contributed by atoms with Crippen LogP contribution in [0.25, 0.3) is 0 Å². The van der Waals surface area contributed by atoms with Crippen molar-refractivity contribution in [2.24, 2.45) is 0 Å². The molecule has 0 saturated carbocycles. The molecular weight excluding hydrogens is 323 g/mol. The monoisotopic (exact) mass is 340 g/mol. The zero-order valence-corrected chi connectivity index (χ0v) is 13.7. The molecule has 5 nitrogen and oxygen atoms in total. The Morgan fingerprint density at radius 3 is 2.45 bits per heavy atom. The van der Waals surface area contributed by atoms with Gasteiger partial charge in [-0.15, -0.1) is 0 Å². The van der Waals surface area contributed by atoms with Crippen LogP contribution in [0, 0.1) is 0 Å². The van der Waals surface area contributed by atoms with E-state index in [2.05, 4.69) is 0 Å². The van der Waals surface area contributed by atoms with Crippen LogP contribution in [0.15, 0.2) is 47.2 Å². The van der Waals surface area contributed by atoms with Crippen molar-refractivity contribution in [1.29, 1.82) is 0 Å². The summed E-state index contributed by atoms with van der Waals surface area (Å²) < 4.78 is 17.8. The molecule has 0 radical (unpaired) electrons. The van der Waals surface area contributed by atoms with Gasteiger partial charge in [-0.2, -0.15) is 11.3 Å². The molecule has 0 aliphatic heterocycles. The Morgan fingerprint density at radius 2 is 1.95 bits per heavy atom. The Kier molecular flexibility index (Phi) is 5.53. The molecule has 1 heterocycles. The van der Waals surface area contributed by atoms with Crippen LogP contribution < -0.4 is 0 Å². The van der Waals surface area contributed by atoms with Crippen LogP contribution in [-0.4, -0.2) is 16.0 Å². The molecule has 3 atom stereocenters. The molecule has 0 spiro atoms. The third-order valence-electron chi connectivity index (χ3n) is 3.29. The van der Waals surface area contributed by atoms with E-state index >= 15 is 0 Å².